The van der Waals surface area contributed by atoms with Gasteiger partial charge in [0.2, 0.25) is 0 Å². The summed E-state index contributed by atoms with van der Waals surface area (Å²) in [7, 11) is 0. The number of hydrogen-bond acceptors (Lipinski definition) is 6. The minimum atomic E-state index is -0.213. The molecule has 0 unspecified atom stereocenters. The third-order valence-corrected chi connectivity index (χ3v) is 6.79. The summed E-state index contributed by atoms with van der Waals surface area (Å²) in [4.78, 5) is 33.3. The highest BCUT2D eigenvalue weighted by molar-refractivity contribution is 8.26. The normalized spacial score (nSPS) is 15.1. The van der Waals surface area contributed by atoms with Crippen molar-refractivity contribution < 1.29 is 4.79 Å². The molecular weight excluding hydrogens is 452 g/mol. The summed E-state index contributed by atoms with van der Waals surface area (Å²) in [6.07, 6.45) is 6.57. The second-order valence-electron chi connectivity index (χ2n) is 8.00. The molecule has 3 heterocycles. The van der Waals surface area contributed by atoms with E-state index in [0.717, 1.165) is 30.4 Å². The molecule has 2 aromatic heterocycles. The summed E-state index contributed by atoms with van der Waals surface area (Å²) >= 11 is 6.70. The summed E-state index contributed by atoms with van der Waals surface area (Å²) < 4.78 is 2.01. The Kier molecular flexibility index (Phi) is 7.25. The number of hydrogen-bond donors (Lipinski definition) is 1. The maximum Gasteiger partial charge on any atom is 0.267 e. The van der Waals surface area contributed by atoms with Gasteiger partial charge in [0.05, 0.1) is 17.0 Å². The van der Waals surface area contributed by atoms with E-state index >= 15 is 0 Å². The number of fused-ring (bicyclic) bond motifs is 1. The first-order chi connectivity index (χ1) is 16.0. The third-order valence-electron chi connectivity index (χ3n) is 5.41. The van der Waals surface area contributed by atoms with Crippen LogP contribution in [0.1, 0.15) is 42.9 Å². The number of thiocarbonyl (C=S) groups is 1. The van der Waals surface area contributed by atoms with Crippen LogP contribution < -0.4 is 10.9 Å². The molecule has 170 valence electrons. The lowest BCUT2D eigenvalue weighted by molar-refractivity contribution is -0.122. The number of aryl methyl sites for hydroxylation is 1. The minimum Gasteiger partial charge on any atom is -0.369 e. The molecule has 1 aliphatic rings. The number of thioether (sulfide) groups is 1. The van der Waals surface area contributed by atoms with Crippen molar-refractivity contribution in [2.24, 2.45) is 0 Å². The fourth-order valence-corrected chi connectivity index (χ4v) is 4.88. The second kappa shape index (κ2) is 10.3. The van der Waals surface area contributed by atoms with Gasteiger partial charge in [0, 0.05) is 12.7 Å². The van der Waals surface area contributed by atoms with E-state index in [4.69, 9.17) is 12.2 Å². The van der Waals surface area contributed by atoms with Gasteiger partial charge < -0.3 is 5.32 Å². The Morgan fingerprint density at radius 3 is 2.67 bits per heavy atom. The molecule has 1 amide bonds. The van der Waals surface area contributed by atoms with Crippen molar-refractivity contribution in [3.05, 3.63) is 80.6 Å². The summed E-state index contributed by atoms with van der Waals surface area (Å²) in [6.45, 7) is 5.18. The zero-order valence-electron chi connectivity index (χ0n) is 18.7. The number of nitrogens with one attached hydrogen (secondary N) is 1. The number of aromatic nitrogens is 2. The molecule has 1 fully saturated rings. The van der Waals surface area contributed by atoms with Gasteiger partial charge in [-0.2, -0.15) is 0 Å². The molecule has 4 rings (SSSR count). The highest BCUT2D eigenvalue weighted by Gasteiger charge is 2.32. The molecule has 8 heteroatoms. The number of anilines is 1. The fraction of sp³-hybridized carbons (Fsp3) is 0.280. The van der Waals surface area contributed by atoms with Gasteiger partial charge >= 0.3 is 0 Å². The average Bonchev–Trinajstić information content (AvgIpc) is 3.07. The Morgan fingerprint density at radius 2 is 1.91 bits per heavy atom. The third kappa shape index (κ3) is 5.17. The zero-order chi connectivity index (χ0) is 23.4. The first-order valence-corrected chi connectivity index (χ1v) is 12.3. The highest BCUT2D eigenvalue weighted by atomic mass is 32.2. The lowest BCUT2D eigenvalue weighted by atomic mass is 10.2. The van der Waals surface area contributed by atoms with E-state index in [0.29, 0.717) is 39.3 Å². The Hall–Kier alpha value is -2.97. The van der Waals surface area contributed by atoms with E-state index in [1.54, 1.807) is 17.2 Å². The van der Waals surface area contributed by atoms with Gasteiger partial charge in [-0.1, -0.05) is 80.1 Å². The number of unbranched alkanes of at least 4 members (excludes halogenated alkanes) is 2. The molecule has 1 aliphatic heterocycles. The largest absolute Gasteiger partial charge is 0.369 e. The molecule has 0 bridgehead atoms. The van der Waals surface area contributed by atoms with Crippen molar-refractivity contribution in [1.29, 1.82) is 0 Å². The van der Waals surface area contributed by atoms with Crippen molar-refractivity contribution in [3.63, 3.8) is 0 Å². The monoisotopic (exact) mass is 478 g/mol. The number of carbonyl (C=O) groups is 1. The first-order valence-electron chi connectivity index (χ1n) is 11.0. The Morgan fingerprint density at radius 1 is 1.12 bits per heavy atom. The second-order valence-corrected chi connectivity index (χ2v) is 9.68. The standard InChI is InChI=1S/C25H26N4O2S2/c1-3-4-8-13-26-22-19(23(30)28-15-17(2)11-12-21(28)27-22)14-20-24(31)29(25(32)33-20)16-18-9-6-5-7-10-18/h5-7,9-12,14-15,26H,3-4,8,13,16H2,1-2H3. The summed E-state index contributed by atoms with van der Waals surface area (Å²) in [5, 5.41) is 3.31. The summed E-state index contributed by atoms with van der Waals surface area (Å²) in [5.41, 5.74) is 2.67. The maximum atomic E-state index is 13.4. The van der Waals surface area contributed by atoms with Crippen LogP contribution in [-0.4, -0.2) is 31.1 Å². The van der Waals surface area contributed by atoms with Gasteiger partial charge in [-0.3, -0.25) is 18.9 Å². The number of rotatable bonds is 8. The molecule has 0 spiro atoms. The van der Waals surface area contributed by atoms with Crippen LogP contribution in [0.5, 0.6) is 0 Å². The van der Waals surface area contributed by atoms with E-state index < -0.39 is 0 Å². The molecule has 3 aromatic rings. The molecule has 0 radical (unpaired) electrons. The lowest BCUT2D eigenvalue weighted by Crippen LogP contribution is -2.27. The van der Waals surface area contributed by atoms with Gasteiger partial charge in [-0.25, -0.2) is 4.98 Å². The molecule has 33 heavy (non-hydrogen) atoms. The van der Waals surface area contributed by atoms with E-state index in [-0.39, 0.29) is 11.5 Å². The van der Waals surface area contributed by atoms with Crippen LogP contribution in [0.4, 0.5) is 5.82 Å². The maximum absolute atomic E-state index is 13.4. The van der Waals surface area contributed by atoms with E-state index in [2.05, 4.69) is 17.2 Å². The highest BCUT2D eigenvalue weighted by Crippen LogP contribution is 2.34. The molecule has 0 saturated carbocycles. The van der Waals surface area contributed by atoms with E-state index in [1.807, 2.05) is 49.4 Å². The SMILES string of the molecule is CCCCCNc1nc2ccc(C)cn2c(=O)c1C=C1SC(=S)N(Cc2ccccc2)C1=O. The van der Waals surface area contributed by atoms with Gasteiger partial charge in [0.1, 0.15) is 15.8 Å². The Bertz CT molecular complexity index is 1280. The van der Waals surface area contributed by atoms with Crippen LogP contribution >= 0.6 is 24.0 Å². The summed E-state index contributed by atoms with van der Waals surface area (Å²) in [5.74, 6) is 0.299. The topological polar surface area (TPSA) is 66.7 Å². The van der Waals surface area contributed by atoms with Gasteiger partial charge in [0.15, 0.2) is 0 Å². The zero-order valence-corrected chi connectivity index (χ0v) is 20.3. The number of carbonyl (C=O) groups excluding carboxylic acids is 1. The molecule has 6 nitrogen and oxygen atoms in total. The van der Waals surface area contributed by atoms with Crippen molar-refractivity contribution in [2.45, 2.75) is 39.7 Å². The minimum absolute atomic E-state index is 0.195. The van der Waals surface area contributed by atoms with E-state index in [9.17, 15) is 9.59 Å². The summed E-state index contributed by atoms with van der Waals surface area (Å²) in [6, 6.07) is 13.5. The van der Waals surface area contributed by atoms with Crippen LogP contribution in [0.2, 0.25) is 0 Å². The predicted molar refractivity (Wildman–Crippen MR) is 139 cm³/mol. The molecule has 0 aliphatic carbocycles. The number of pyridine rings is 1. The fourth-order valence-electron chi connectivity index (χ4n) is 3.64. The van der Waals surface area contributed by atoms with Crippen LogP contribution in [0.3, 0.4) is 0 Å². The van der Waals surface area contributed by atoms with Gasteiger partial charge in [0.25, 0.3) is 11.5 Å². The number of nitrogens with zero attached hydrogens (tertiary/aromatic N) is 3. The number of amides is 1. The van der Waals surface area contributed by atoms with Crippen molar-refractivity contribution in [3.8, 4) is 0 Å². The quantitative estimate of drug-likeness (QED) is 0.279. The average molecular weight is 479 g/mol. The molecule has 1 aromatic carbocycles. The Labute approximate surface area is 202 Å². The van der Waals surface area contributed by atoms with Gasteiger partial charge in [-0.05, 0) is 36.6 Å². The smallest absolute Gasteiger partial charge is 0.267 e. The molecular formula is C25H26N4O2S2. The molecule has 0 atom stereocenters. The van der Waals surface area contributed by atoms with Crippen molar-refractivity contribution in [1.82, 2.24) is 14.3 Å². The van der Waals surface area contributed by atoms with Crippen LogP contribution in [0.25, 0.3) is 11.7 Å². The first kappa shape index (κ1) is 23.2. The van der Waals surface area contributed by atoms with Crippen molar-refractivity contribution in [2.75, 3.05) is 11.9 Å². The van der Waals surface area contributed by atoms with Gasteiger partial charge in [-0.15, -0.1) is 0 Å². The molecule has 1 saturated heterocycles. The Balaban J connectivity index is 1.71. The van der Waals surface area contributed by atoms with Crippen molar-refractivity contribution >= 4 is 51.7 Å². The van der Waals surface area contributed by atoms with Crippen LogP contribution in [0.15, 0.2) is 58.4 Å². The lowest BCUT2D eigenvalue weighted by Gasteiger charge is -2.14. The van der Waals surface area contributed by atoms with Crippen LogP contribution in [-0.2, 0) is 11.3 Å². The molecule has 1 N–H and O–H groups in total. The van der Waals surface area contributed by atoms with E-state index in [1.165, 1.54) is 16.2 Å². The van der Waals surface area contributed by atoms with Crippen LogP contribution in [0, 0.1) is 6.92 Å². The number of benzene rings is 1. The predicted octanol–water partition coefficient (Wildman–Crippen LogP) is 5.01.